The summed E-state index contributed by atoms with van der Waals surface area (Å²) >= 11 is 6.83. The minimum atomic E-state index is -0.312. The highest BCUT2D eigenvalue weighted by molar-refractivity contribution is 9.11. The van der Waals surface area contributed by atoms with E-state index >= 15 is 0 Å². The van der Waals surface area contributed by atoms with Gasteiger partial charge in [0.05, 0.1) is 11.9 Å². The molecule has 4 nitrogen and oxygen atoms in total. The summed E-state index contributed by atoms with van der Waals surface area (Å²) in [5.74, 6) is 0.762. The Labute approximate surface area is 164 Å². The second kappa shape index (κ2) is 8.18. The van der Waals surface area contributed by atoms with Gasteiger partial charge in [0.1, 0.15) is 11.6 Å². The van der Waals surface area contributed by atoms with Gasteiger partial charge in [0.25, 0.3) is 0 Å². The molecular weight excluding hydrogens is 451 g/mol. The zero-order valence-electron chi connectivity index (χ0n) is 14.3. The number of nitrogens with zero attached hydrogens (tertiary/aromatic N) is 3. The predicted octanol–water partition coefficient (Wildman–Crippen LogP) is 5.10. The molecule has 3 rings (SSSR count). The van der Waals surface area contributed by atoms with Crippen molar-refractivity contribution in [1.29, 1.82) is 0 Å². The average molecular weight is 474 g/mol. The third-order valence-electron chi connectivity index (χ3n) is 4.89. The number of nitrogens with two attached hydrogens (primary N) is 1. The first-order valence-corrected chi connectivity index (χ1v) is 10.3. The summed E-state index contributed by atoms with van der Waals surface area (Å²) < 4.78 is 16.4. The minimum absolute atomic E-state index is 0.312. The molecule has 1 fully saturated rings. The lowest BCUT2D eigenvalue weighted by molar-refractivity contribution is 0.210. The summed E-state index contributed by atoms with van der Waals surface area (Å²) in [6.07, 6.45) is 6.57. The van der Waals surface area contributed by atoms with Crippen molar-refractivity contribution in [3.05, 3.63) is 38.7 Å². The molecule has 25 heavy (non-hydrogen) atoms. The van der Waals surface area contributed by atoms with Crippen LogP contribution in [0.2, 0.25) is 0 Å². The molecule has 1 aliphatic heterocycles. The zero-order chi connectivity index (χ0) is 18.0. The topological polar surface area (TPSA) is 47.1 Å². The molecule has 2 N–H and O–H groups in total. The number of nitrogen functional groups attached to an aromatic ring is 1. The van der Waals surface area contributed by atoms with E-state index in [1.165, 1.54) is 31.5 Å². The SMILES string of the molecule is CCCCN1CCC(c2cnn(-c3c(Br)cc(F)cc3Br)c2N)CC1. The number of hydrogen-bond acceptors (Lipinski definition) is 3. The molecule has 1 aromatic carbocycles. The highest BCUT2D eigenvalue weighted by Crippen LogP contribution is 2.36. The van der Waals surface area contributed by atoms with Gasteiger partial charge in [-0.15, -0.1) is 0 Å². The largest absolute Gasteiger partial charge is 0.383 e. The Morgan fingerprint density at radius 3 is 2.48 bits per heavy atom. The molecule has 0 bridgehead atoms. The Balaban J connectivity index is 1.79. The van der Waals surface area contributed by atoms with Gasteiger partial charge in [-0.2, -0.15) is 5.10 Å². The monoisotopic (exact) mass is 472 g/mol. The third-order valence-corrected chi connectivity index (χ3v) is 6.09. The highest BCUT2D eigenvalue weighted by atomic mass is 79.9. The molecule has 0 unspecified atom stereocenters. The number of benzene rings is 1. The number of unbranched alkanes of at least 4 members (excludes halogenated alkanes) is 1. The van der Waals surface area contributed by atoms with Crippen molar-refractivity contribution in [2.75, 3.05) is 25.4 Å². The zero-order valence-corrected chi connectivity index (χ0v) is 17.5. The van der Waals surface area contributed by atoms with E-state index in [1.807, 2.05) is 6.20 Å². The van der Waals surface area contributed by atoms with Gasteiger partial charge in [0, 0.05) is 14.5 Å². The van der Waals surface area contributed by atoms with Crippen LogP contribution in [0.25, 0.3) is 5.69 Å². The summed E-state index contributed by atoms with van der Waals surface area (Å²) in [4.78, 5) is 2.54. The van der Waals surface area contributed by atoms with E-state index in [2.05, 4.69) is 48.8 Å². The number of likely N-dealkylation sites (tertiary alicyclic amines) is 1. The fraction of sp³-hybridized carbons (Fsp3) is 0.500. The van der Waals surface area contributed by atoms with Gasteiger partial charge in [-0.3, -0.25) is 0 Å². The molecule has 2 heterocycles. The van der Waals surface area contributed by atoms with Crippen LogP contribution in [0.5, 0.6) is 0 Å². The Morgan fingerprint density at radius 2 is 1.88 bits per heavy atom. The fourth-order valence-corrected chi connectivity index (χ4v) is 4.92. The molecule has 0 aliphatic carbocycles. The quantitative estimate of drug-likeness (QED) is 0.657. The van der Waals surface area contributed by atoms with E-state index in [0.29, 0.717) is 20.7 Å². The van der Waals surface area contributed by atoms with E-state index in [0.717, 1.165) is 37.2 Å². The third kappa shape index (κ3) is 4.09. The molecule has 1 saturated heterocycles. The number of piperidine rings is 1. The predicted molar refractivity (Wildman–Crippen MR) is 107 cm³/mol. The Morgan fingerprint density at radius 1 is 1.24 bits per heavy atom. The molecule has 0 atom stereocenters. The summed E-state index contributed by atoms with van der Waals surface area (Å²) in [6, 6.07) is 2.85. The Bertz CT molecular complexity index is 716. The number of aromatic nitrogens is 2. The lowest BCUT2D eigenvalue weighted by Crippen LogP contribution is -2.33. The van der Waals surface area contributed by atoms with E-state index < -0.39 is 0 Å². The molecule has 0 radical (unpaired) electrons. The number of rotatable bonds is 5. The van der Waals surface area contributed by atoms with Crippen LogP contribution in [-0.2, 0) is 0 Å². The minimum Gasteiger partial charge on any atom is -0.383 e. The van der Waals surface area contributed by atoms with Gasteiger partial charge in [-0.25, -0.2) is 9.07 Å². The summed E-state index contributed by atoms with van der Waals surface area (Å²) in [7, 11) is 0. The maximum atomic E-state index is 13.5. The van der Waals surface area contributed by atoms with Crippen molar-refractivity contribution < 1.29 is 4.39 Å². The van der Waals surface area contributed by atoms with Crippen LogP contribution < -0.4 is 5.73 Å². The number of anilines is 1. The molecule has 2 aromatic rings. The maximum absolute atomic E-state index is 13.5. The Hall–Kier alpha value is -0.920. The van der Waals surface area contributed by atoms with Crippen molar-refractivity contribution in [3.63, 3.8) is 0 Å². The van der Waals surface area contributed by atoms with Crippen LogP contribution in [0.4, 0.5) is 10.2 Å². The fourth-order valence-electron chi connectivity index (χ4n) is 3.45. The molecule has 0 amide bonds. The van der Waals surface area contributed by atoms with Gasteiger partial charge in [0.2, 0.25) is 0 Å². The molecule has 1 aromatic heterocycles. The van der Waals surface area contributed by atoms with E-state index in [1.54, 1.807) is 4.68 Å². The molecular formula is C18H23Br2FN4. The number of halogens is 3. The van der Waals surface area contributed by atoms with Crippen LogP contribution in [0, 0.1) is 5.82 Å². The van der Waals surface area contributed by atoms with Crippen molar-refractivity contribution in [2.24, 2.45) is 0 Å². The summed E-state index contributed by atoms with van der Waals surface area (Å²) in [5.41, 5.74) is 8.23. The second-order valence-corrected chi connectivity index (χ2v) is 8.29. The lowest BCUT2D eigenvalue weighted by Gasteiger charge is -2.31. The highest BCUT2D eigenvalue weighted by Gasteiger charge is 2.25. The first-order valence-electron chi connectivity index (χ1n) is 8.72. The molecule has 7 heteroatoms. The van der Waals surface area contributed by atoms with Crippen molar-refractivity contribution in [1.82, 2.24) is 14.7 Å². The van der Waals surface area contributed by atoms with Gasteiger partial charge in [-0.1, -0.05) is 13.3 Å². The number of hydrogen-bond donors (Lipinski definition) is 1. The lowest BCUT2D eigenvalue weighted by atomic mass is 9.91. The van der Waals surface area contributed by atoms with Crippen LogP contribution in [0.3, 0.4) is 0 Å². The first kappa shape index (κ1) is 18.9. The second-order valence-electron chi connectivity index (χ2n) is 6.58. The summed E-state index contributed by atoms with van der Waals surface area (Å²) in [6.45, 7) is 5.64. The smallest absolute Gasteiger partial charge is 0.130 e. The van der Waals surface area contributed by atoms with Gasteiger partial charge < -0.3 is 10.6 Å². The normalized spacial score (nSPS) is 16.5. The van der Waals surface area contributed by atoms with Crippen LogP contribution >= 0.6 is 31.9 Å². The van der Waals surface area contributed by atoms with Crippen molar-refractivity contribution >= 4 is 37.7 Å². The maximum Gasteiger partial charge on any atom is 0.130 e. The van der Waals surface area contributed by atoms with Gasteiger partial charge >= 0.3 is 0 Å². The molecule has 1 aliphatic rings. The standard InChI is InChI=1S/C18H23Br2FN4/c1-2-3-6-24-7-4-12(5-8-24)14-11-23-25(18(14)22)17-15(19)9-13(21)10-16(17)20/h9-12H,2-8,22H2,1H3. The van der Waals surface area contributed by atoms with E-state index in [-0.39, 0.29) is 5.82 Å². The van der Waals surface area contributed by atoms with E-state index in [9.17, 15) is 4.39 Å². The van der Waals surface area contributed by atoms with Crippen molar-refractivity contribution in [3.8, 4) is 5.69 Å². The molecule has 0 spiro atoms. The first-order chi connectivity index (χ1) is 12.0. The van der Waals surface area contributed by atoms with Crippen molar-refractivity contribution in [2.45, 2.75) is 38.5 Å². The summed E-state index contributed by atoms with van der Waals surface area (Å²) in [5, 5.41) is 4.48. The van der Waals surface area contributed by atoms with Crippen LogP contribution in [0.15, 0.2) is 27.3 Å². The van der Waals surface area contributed by atoms with Crippen LogP contribution in [0.1, 0.15) is 44.1 Å². The Kier molecular flexibility index (Phi) is 6.17. The van der Waals surface area contributed by atoms with Gasteiger partial charge in [0.15, 0.2) is 0 Å². The molecule has 136 valence electrons. The molecule has 0 saturated carbocycles. The van der Waals surface area contributed by atoms with Crippen LogP contribution in [-0.4, -0.2) is 34.3 Å². The van der Waals surface area contributed by atoms with Gasteiger partial charge in [-0.05, 0) is 88.8 Å². The average Bonchev–Trinajstić information content (AvgIpc) is 2.94. The van der Waals surface area contributed by atoms with E-state index in [4.69, 9.17) is 5.73 Å².